The van der Waals surface area contributed by atoms with E-state index in [1.54, 1.807) is 0 Å². The maximum atomic E-state index is 3.61. The van der Waals surface area contributed by atoms with Crippen molar-refractivity contribution >= 4 is 0 Å². The lowest BCUT2D eigenvalue weighted by Crippen LogP contribution is -2.25. The summed E-state index contributed by atoms with van der Waals surface area (Å²) in [6.45, 7) is 16.9. The lowest BCUT2D eigenvalue weighted by molar-refractivity contribution is 0.314. The van der Waals surface area contributed by atoms with Gasteiger partial charge in [0.05, 0.1) is 0 Å². The lowest BCUT2D eigenvalue weighted by Gasteiger charge is -2.28. The summed E-state index contributed by atoms with van der Waals surface area (Å²) in [7, 11) is 0. The van der Waals surface area contributed by atoms with E-state index in [0.29, 0.717) is 11.5 Å². The summed E-state index contributed by atoms with van der Waals surface area (Å²) < 4.78 is 0. The minimum Gasteiger partial charge on any atom is -0.310 e. The molecule has 0 aliphatic rings. The summed E-state index contributed by atoms with van der Waals surface area (Å²) in [5.41, 5.74) is 3.39. The predicted octanol–water partition coefficient (Wildman–Crippen LogP) is 5.07. The van der Waals surface area contributed by atoms with Crippen LogP contribution in [0.2, 0.25) is 0 Å². The van der Waals surface area contributed by atoms with E-state index >= 15 is 0 Å². The Kier molecular flexibility index (Phi) is 5.20. The fourth-order valence-electron chi connectivity index (χ4n) is 2.38. The fourth-order valence-corrected chi connectivity index (χ4v) is 2.38. The summed E-state index contributed by atoms with van der Waals surface area (Å²) in [6.07, 6.45) is 1.16. The Balaban J connectivity index is 2.91. The highest BCUT2D eigenvalue weighted by molar-refractivity contribution is 5.29. The smallest absolute Gasteiger partial charge is 0.0325 e. The Hall–Kier alpha value is -0.820. The molecule has 1 N–H and O–H groups in total. The van der Waals surface area contributed by atoms with E-state index in [2.05, 4.69) is 78.0 Å². The normalized spacial score (nSPS) is 14.5. The average Bonchev–Trinajstić information content (AvgIpc) is 2.26. The van der Waals surface area contributed by atoms with E-state index in [1.165, 1.54) is 11.1 Å². The summed E-state index contributed by atoms with van der Waals surface area (Å²) >= 11 is 0. The van der Waals surface area contributed by atoms with Crippen LogP contribution < -0.4 is 5.32 Å². The minimum absolute atomic E-state index is 0.232. The third kappa shape index (κ3) is 5.36. The van der Waals surface area contributed by atoms with Crippen LogP contribution in [0.1, 0.15) is 72.1 Å². The largest absolute Gasteiger partial charge is 0.310 e. The molecule has 19 heavy (non-hydrogen) atoms. The van der Waals surface area contributed by atoms with Gasteiger partial charge in [-0.1, -0.05) is 72.7 Å². The van der Waals surface area contributed by atoms with Crippen molar-refractivity contribution in [2.75, 3.05) is 6.54 Å². The van der Waals surface area contributed by atoms with Gasteiger partial charge < -0.3 is 5.32 Å². The van der Waals surface area contributed by atoms with Crippen LogP contribution in [0.25, 0.3) is 0 Å². The van der Waals surface area contributed by atoms with Crippen molar-refractivity contribution in [1.29, 1.82) is 0 Å². The Labute approximate surface area is 119 Å². The quantitative estimate of drug-likeness (QED) is 0.798. The first-order valence-corrected chi connectivity index (χ1v) is 7.47. The van der Waals surface area contributed by atoms with Gasteiger partial charge in [-0.2, -0.15) is 0 Å². The Morgan fingerprint density at radius 1 is 0.947 bits per heavy atom. The molecule has 0 radical (unpaired) electrons. The van der Waals surface area contributed by atoms with Crippen LogP contribution in [0.5, 0.6) is 0 Å². The van der Waals surface area contributed by atoms with Gasteiger partial charge in [-0.05, 0) is 34.9 Å². The topological polar surface area (TPSA) is 12.0 Å². The third-order valence-corrected chi connectivity index (χ3v) is 3.45. The van der Waals surface area contributed by atoms with Crippen molar-refractivity contribution in [3.8, 4) is 0 Å². The first-order valence-electron chi connectivity index (χ1n) is 7.47. The maximum Gasteiger partial charge on any atom is 0.0325 e. The molecule has 0 saturated heterocycles. The molecular weight excluding hydrogens is 230 g/mol. The summed E-state index contributed by atoms with van der Waals surface area (Å²) in [5, 5.41) is 3.61. The standard InChI is InChI=1S/C18H31N/c1-8-19-16(13-17(2,3)4)14-9-11-15(12-10-14)18(5,6)7/h9-12,16,19H,8,13H2,1-7H3. The molecule has 108 valence electrons. The molecule has 0 saturated carbocycles. The van der Waals surface area contributed by atoms with Crippen LogP contribution in [-0.2, 0) is 5.41 Å². The van der Waals surface area contributed by atoms with Crippen molar-refractivity contribution in [1.82, 2.24) is 5.32 Å². The first kappa shape index (κ1) is 16.2. The van der Waals surface area contributed by atoms with Crippen molar-refractivity contribution in [2.45, 2.75) is 66.3 Å². The van der Waals surface area contributed by atoms with Gasteiger partial charge in [-0.15, -0.1) is 0 Å². The number of rotatable bonds is 4. The molecule has 1 nitrogen and oxygen atoms in total. The Bertz CT molecular complexity index is 376. The number of benzene rings is 1. The SMILES string of the molecule is CCNC(CC(C)(C)C)c1ccc(C(C)(C)C)cc1. The van der Waals surface area contributed by atoms with Crippen molar-refractivity contribution in [3.63, 3.8) is 0 Å². The number of hydrogen-bond donors (Lipinski definition) is 1. The monoisotopic (exact) mass is 261 g/mol. The Morgan fingerprint density at radius 2 is 1.47 bits per heavy atom. The molecule has 1 rings (SSSR count). The third-order valence-electron chi connectivity index (χ3n) is 3.45. The zero-order chi connectivity index (χ0) is 14.7. The molecule has 0 aromatic heterocycles. The zero-order valence-electron chi connectivity index (χ0n) is 13.8. The van der Waals surface area contributed by atoms with Gasteiger partial charge in [0.15, 0.2) is 0 Å². The van der Waals surface area contributed by atoms with E-state index in [9.17, 15) is 0 Å². The molecule has 1 aromatic carbocycles. The molecule has 0 bridgehead atoms. The average molecular weight is 261 g/mol. The second-order valence-electron chi connectivity index (χ2n) is 7.75. The summed E-state index contributed by atoms with van der Waals surface area (Å²) in [6, 6.07) is 9.60. The molecule has 0 aliphatic heterocycles. The van der Waals surface area contributed by atoms with Crippen LogP contribution in [0.3, 0.4) is 0 Å². The highest BCUT2D eigenvalue weighted by atomic mass is 14.9. The molecule has 0 aliphatic carbocycles. The zero-order valence-corrected chi connectivity index (χ0v) is 13.8. The van der Waals surface area contributed by atoms with Crippen molar-refractivity contribution < 1.29 is 0 Å². The van der Waals surface area contributed by atoms with Gasteiger partial charge in [-0.25, -0.2) is 0 Å². The molecule has 1 atom stereocenters. The van der Waals surface area contributed by atoms with Gasteiger partial charge in [0, 0.05) is 6.04 Å². The number of hydrogen-bond acceptors (Lipinski definition) is 1. The van der Waals surface area contributed by atoms with Crippen LogP contribution in [0.15, 0.2) is 24.3 Å². The highest BCUT2D eigenvalue weighted by Gasteiger charge is 2.20. The molecule has 1 aromatic rings. The molecule has 0 spiro atoms. The van der Waals surface area contributed by atoms with Gasteiger partial charge in [0.2, 0.25) is 0 Å². The second-order valence-corrected chi connectivity index (χ2v) is 7.75. The fraction of sp³-hybridized carbons (Fsp3) is 0.667. The van der Waals surface area contributed by atoms with E-state index in [1.807, 2.05) is 0 Å². The molecule has 1 heteroatoms. The molecule has 0 amide bonds. The van der Waals surface area contributed by atoms with E-state index in [0.717, 1.165) is 13.0 Å². The van der Waals surface area contributed by atoms with E-state index < -0.39 is 0 Å². The lowest BCUT2D eigenvalue weighted by atomic mass is 9.83. The molecule has 1 unspecified atom stereocenters. The van der Waals surface area contributed by atoms with Crippen LogP contribution >= 0.6 is 0 Å². The van der Waals surface area contributed by atoms with E-state index in [4.69, 9.17) is 0 Å². The molecule has 0 fully saturated rings. The van der Waals surface area contributed by atoms with E-state index in [-0.39, 0.29) is 5.41 Å². The van der Waals surface area contributed by atoms with Gasteiger partial charge >= 0.3 is 0 Å². The van der Waals surface area contributed by atoms with Crippen LogP contribution in [0, 0.1) is 5.41 Å². The summed E-state index contributed by atoms with van der Waals surface area (Å²) in [4.78, 5) is 0. The van der Waals surface area contributed by atoms with Gasteiger partial charge in [0.25, 0.3) is 0 Å². The molecular formula is C18H31N. The van der Waals surface area contributed by atoms with Crippen LogP contribution in [-0.4, -0.2) is 6.54 Å². The number of nitrogens with one attached hydrogen (secondary N) is 1. The van der Waals surface area contributed by atoms with Gasteiger partial charge in [0.1, 0.15) is 0 Å². The minimum atomic E-state index is 0.232. The first-order chi connectivity index (χ1) is 8.63. The predicted molar refractivity (Wildman–Crippen MR) is 85.6 cm³/mol. The summed E-state index contributed by atoms with van der Waals surface area (Å²) in [5.74, 6) is 0. The van der Waals surface area contributed by atoms with Crippen molar-refractivity contribution in [3.05, 3.63) is 35.4 Å². The van der Waals surface area contributed by atoms with Gasteiger partial charge in [-0.3, -0.25) is 0 Å². The van der Waals surface area contributed by atoms with Crippen molar-refractivity contribution in [2.24, 2.45) is 5.41 Å². The molecule has 0 heterocycles. The Morgan fingerprint density at radius 3 is 1.84 bits per heavy atom. The van der Waals surface area contributed by atoms with Crippen LogP contribution in [0.4, 0.5) is 0 Å². The second kappa shape index (κ2) is 6.09. The highest BCUT2D eigenvalue weighted by Crippen LogP contribution is 2.30. The maximum absolute atomic E-state index is 3.61.